The summed E-state index contributed by atoms with van der Waals surface area (Å²) in [5.74, 6) is 0.894. The number of hydrogen-bond acceptors (Lipinski definition) is 8. The minimum absolute atomic E-state index is 0. The number of aryl methyl sites for hydroxylation is 1. The Bertz CT molecular complexity index is 1340. The molecule has 36 heavy (non-hydrogen) atoms. The summed E-state index contributed by atoms with van der Waals surface area (Å²) in [7, 11) is 1.85. The molecule has 4 heterocycles. The number of piperazine rings is 1. The van der Waals surface area contributed by atoms with Gasteiger partial charge in [-0.25, -0.2) is 9.97 Å². The Labute approximate surface area is 229 Å². The highest BCUT2D eigenvalue weighted by Gasteiger charge is 2.20. The van der Waals surface area contributed by atoms with Crippen LogP contribution in [0.2, 0.25) is 0 Å². The molecule has 0 bridgehead atoms. The maximum atomic E-state index is 12.8. The maximum Gasteiger partial charge on any atom is 0.242 e. The van der Waals surface area contributed by atoms with E-state index < -0.39 is 6.04 Å². The van der Waals surface area contributed by atoms with Crippen LogP contribution in [0.4, 0.5) is 5.95 Å². The summed E-state index contributed by atoms with van der Waals surface area (Å²) in [4.78, 5) is 24.7. The molecule has 1 fully saturated rings. The number of rotatable bonds is 7. The molecule has 1 amide bonds. The zero-order chi connectivity index (χ0) is 23.7. The first kappa shape index (κ1) is 28.1. The number of halogens is 3. The number of nitrogens with zero attached hydrogens (tertiary/aromatic N) is 7. The molecule has 1 saturated heterocycles. The van der Waals surface area contributed by atoms with Crippen LogP contribution in [0.1, 0.15) is 6.92 Å². The van der Waals surface area contributed by atoms with Gasteiger partial charge in [0.05, 0.1) is 17.3 Å². The molecule has 11 nitrogen and oxygen atoms in total. The molecule has 1 aromatic carbocycles. The van der Waals surface area contributed by atoms with Gasteiger partial charge in [0.1, 0.15) is 6.04 Å². The molecule has 0 saturated carbocycles. The Morgan fingerprint density at radius 1 is 1.22 bits per heavy atom. The number of aromatic nitrogens is 6. The van der Waals surface area contributed by atoms with Crippen LogP contribution in [0.15, 0.2) is 35.1 Å². The van der Waals surface area contributed by atoms with Crippen molar-refractivity contribution >= 4 is 69.1 Å². The highest BCUT2D eigenvalue weighted by Crippen LogP contribution is 2.28. The fourth-order valence-electron chi connectivity index (χ4n) is 4.03. The molecular weight excluding hydrogens is 571 g/mol. The molecule has 0 unspecified atom stereocenters. The summed E-state index contributed by atoms with van der Waals surface area (Å²) in [5.41, 5.74) is 2.20. The number of para-hydroxylation sites is 1. The van der Waals surface area contributed by atoms with Gasteiger partial charge in [-0.15, -0.1) is 29.9 Å². The zero-order valence-corrected chi connectivity index (χ0v) is 23.2. The summed E-state index contributed by atoms with van der Waals surface area (Å²) < 4.78 is 4.20. The van der Waals surface area contributed by atoms with Gasteiger partial charge < -0.3 is 16.0 Å². The van der Waals surface area contributed by atoms with Gasteiger partial charge in [0.15, 0.2) is 11.5 Å². The van der Waals surface area contributed by atoms with Crippen molar-refractivity contribution in [3.05, 3.63) is 35.1 Å². The average Bonchev–Trinajstić information content (AvgIpc) is 3.47. The van der Waals surface area contributed by atoms with Gasteiger partial charge in [0, 0.05) is 62.4 Å². The van der Waals surface area contributed by atoms with Crippen molar-refractivity contribution in [2.45, 2.75) is 13.0 Å². The number of carbonyl (C=O) groups excluding carboxylic acids is 1. The van der Waals surface area contributed by atoms with Gasteiger partial charge in [0.25, 0.3) is 0 Å². The van der Waals surface area contributed by atoms with Crippen LogP contribution in [-0.4, -0.2) is 85.5 Å². The Morgan fingerprint density at radius 3 is 2.72 bits per heavy atom. The average molecular weight is 600 g/mol. The van der Waals surface area contributed by atoms with Gasteiger partial charge in [-0.1, -0.05) is 6.07 Å². The van der Waals surface area contributed by atoms with E-state index in [1.807, 2.05) is 38.4 Å². The monoisotopic (exact) mass is 598 g/mol. The number of anilines is 1. The van der Waals surface area contributed by atoms with Crippen molar-refractivity contribution in [2.75, 3.05) is 44.6 Å². The largest absolute Gasteiger partial charge is 0.353 e. The second-order valence-corrected chi connectivity index (χ2v) is 9.25. The third-order valence-electron chi connectivity index (χ3n) is 5.89. The zero-order valence-electron chi connectivity index (χ0n) is 19.9. The Balaban J connectivity index is 0.00000180. The van der Waals surface area contributed by atoms with E-state index >= 15 is 0 Å². The quantitative estimate of drug-likeness (QED) is 0.296. The lowest BCUT2D eigenvalue weighted by Crippen LogP contribution is -2.47. The Hall–Kier alpha value is -2.51. The van der Waals surface area contributed by atoms with Crippen LogP contribution < -0.4 is 16.0 Å². The first-order chi connectivity index (χ1) is 16.5. The van der Waals surface area contributed by atoms with Crippen LogP contribution in [0.5, 0.6) is 0 Å². The summed E-state index contributed by atoms with van der Waals surface area (Å²) in [5, 5.41) is 19.4. The number of hydrogen-bond donors (Lipinski definition) is 3. The molecule has 14 heteroatoms. The second-order valence-electron chi connectivity index (χ2n) is 8.39. The van der Waals surface area contributed by atoms with Crippen molar-refractivity contribution < 1.29 is 4.79 Å². The highest BCUT2D eigenvalue weighted by atomic mass is 79.9. The smallest absolute Gasteiger partial charge is 0.242 e. The normalized spacial score (nSPS) is 14.8. The lowest BCUT2D eigenvalue weighted by molar-refractivity contribution is -0.121. The molecule has 3 aromatic heterocycles. The van der Waals surface area contributed by atoms with E-state index in [2.05, 4.69) is 47.0 Å². The van der Waals surface area contributed by atoms with Crippen molar-refractivity contribution in [1.82, 2.24) is 44.9 Å². The Morgan fingerprint density at radius 2 is 2.00 bits per heavy atom. The van der Waals surface area contributed by atoms with Crippen LogP contribution >= 0.6 is 40.7 Å². The molecule has 194 valence electrons. The summed E-state index contributed by atoms with van der Waals surface area (Å²) >= 11 is 3.59. The van der Waals surface area contributed by atoms with E-state index in [1.54, 1.807) is 15.4 Å². The molecule has 0 aliphatic carbocycles. The van der Waals surface area contributed by atoms with Gasteiger partial charge in [-0.2, -0.15) is 9.61 Å². The molecule has 3 N–H and O–H groups in total. The minimum atomic E-state index is -0.510. The van der Waals surface area contributed by atoms with Gasteiger partial charge >= 0.3 is 0 Å². The van der Waals surface area contributed by atoms with E-state index in [0.29, 0.717) is 24.0 Å². The van der Waals surface area contributed by atoms with Crippen LogP contribution in [-0.2, 0) is 11.8 Å². The van der Waals surface area contributed by atoms with E-state index in [9.17, 15) is 4.79 Å². The van der Waals surface area contributed by atoms with Gasteiger partial charge in [-0.05, 0) is 35.0 Å². The summed E-state index contributed by atoms with van der Waals surface area (Å²) in [6.45, 7) is 7.24. The third-order valence-corrected chi connectivity index (χ3v) is 6.53. The predicted octanol–water partition coefficient (Wildman–Crippen LogP) is 2.11. The first-order valence-corrected chi connectivity index (χ1v) is 12.1. The molecular formula is C22H29BrCl2N10O. The second kappa shape index (κ2) is 12.2. The first-order valence-electron chi connectivity index (χ1n) is 11.3. The van der Waals surface area contributed by atoms with Crippen molar-refractivity contribution in [1.29, 1.82) is 0 Å². The van der Waals surface area contributed by atoms with Crippen molar-refractivity contribution in [2.24, 2.45) is 7.05 Å². The van der Waals surface area contributed by atoms with Crippen LogP contribution in [0.3, 0.4) is 0 Å². The lowest BCUT2D eigenvalue weighted by atomic mass is 10.2. The standard InChI is InChI=1S/C22H27BrN10O.2ClH/c1-14(21(34)25-8-11-32-9-6-24-7-10-32)27-22-28-18-16(4-3-5-17(18)23)20-29-19(30-33(20)22)15-12-26-31(2)13-15;;/h3-5,12-14,24H,6-11H2,1-2H3,(H,25,34)(H,27,28);2*1H/t14-;;/m1../s1. The number of fused-ring (bicyclic) bond motifs is 3. The SMILES string of the molecule is C[C@@H](Nc1nc2c(Br)cccc2c2nc(-c3cnn(C)c3)nn12)C(=O)NCCN1CCNCC1.Cl.Cl. The van der Waals surface area contributed by atoms with E-state index in [0.717, 1.165) is 53.7 Å². The van der Waals surface area contributed by atoms with Gasteiger partial charge in [0.2, 0.25) is 11.9 Å². The molecule has 1 aliphatic rings. The maximum absolute atomic E-state index is 12.8. The highest BCUT2D eigenvalue weighted by molar-refractivity contribution is 9.10. The molecule has 0 spiro atoms. The van der Waals surface area contributed by atoms with Crippen molar-refractivity contribution in [3.63, 3.8) is 0 Å². The molecule has 1 aliphatic heterocycles. The topological polar surface area (TPSA) is 117 Å². The van der Waals surface area contributed by atoms with Crippen LogP contribution in [0, 0.1) is 0 Å². The van der Waals surface area contributed by atoms with E-state index in [-0.39, 0.29) is 30.7 Å². The van der Waals surface area contributed by atoms with Crippen molar-refractivity contribution in [3.8, 4) is 11.4 Å². The lowest BCUT2D eigenvalue weighted by Gasteiger charge is -2.27. The van der Waals surface area contributed by atoms with E-state index in [4.69, 9.17) is 9.97 Å². The minimum Gasteiger partial charge on any atom is -0.353 e. The Kier molecular flexibility index (Phi) is 9.47. The third kappa shape index (κ3) is 5.89. The number of nitrogens with one attached hydrogen (secondary N) is 3. The van der Waals surface area contributed by atoms with Gasteiger partial charge in [-0.3, -0.25) is 14.4 Å². The number of benzene rings is 1. The molecule has 0 radical (unpaired) electrons. The summed E-state index contributed by atoms with van der Waals surface area (Å²) in [6, 6.07) is 5.32. The number of amides is 1. The van der Waals surface area contributed by atoms with Crippen LogP contribution in [0.25, 0.3) is 27.9 Å². The molecule has 4 aromatic rings. The predicted molar refractivity (Wildman–Crippen MR) is 148 cm³/mol. The molecule has 1 atom stereocenters. The fraction of sp³-hybridized carbons (Fsp3) is 0.409. The molecule has 5 rings (SSSR count). The summed E-state index contributed by atoms with van der Waals surface area (Å²) in [6.07, 6.45) is 3.59. The fourth-order valence-corrected chi connectivity index (χ4v) is 4.49. The number of carbonyl (C=O) groups is 1. The van der Waals surface area contributed by atoms with E-state index in [1.165, 1.54) is 0 Å².